The summed E-state index contributed by atoms with van der Waals surface area (Å²) in [5.41, 5.74) is 0. The Morgan fingerprint density at radius 1 is 0.857 bits per heavy atom. The standard InChI is InChI=1S/C4H10O8P2/c5-13(6)10-3-1-9-2-4-11-14(7,8)12-13/h1-4H2,(H,5,6)(H,7,8). The number of phosphoric acid groups is 2. The summed E-state index contributed by atoms with van der Waals surface area (Å²) in [6.07, 6.45) is 0. The molecule has 1 fully saturated rings. The van der Waals surface area contributed by atoms with Gasteiger partial charge >= 0.3 is 15.6 Å². The predicted molar refractivity (Wildman–Crippen MR) is 43.5 cm³/mol. The van der Waals surface area contributed by atoms with Crippen LogP contribution in [-0.2, 0) is 27.2 Å². The molecule has 2 N–H and O–H groups in total. The predicted octanol–water partition coefficient (Wildman–Crippen LogP) is 0.267. The van der Waals surface area contributed by atoms with Crippen molar-refractivity contribution < 1.29 is 37.0 Å². The summed E-state index contributed by atoms with van der Waals surface area (Å²) >= 11 is 0. The summed E-state index contributed by atoms with van der Waals surface area (Å²) in [5.74, 6) is 0. The van der Waals surface area contributed by atoms with Gasteiger partial charge in [-0.1, -0.05) is 0 Å². The van der Waals surface area contributed by atoms with Crippen LogP contribution in [-0.4, -0.2) is 36.2 Å². The normalized spacial score (nSPS) is 41.9. The maximum Gasteiger partial charge on any atom is 0.481 e. The summed E-state index contributed by atoms with van der Waals surface area (Å²) < 4.78 is 39.2. The summed E-state index contributed by atoms with van der Waals surface area (Å²) in [4.78, 5) is 17.8. The number of phosphoric ester groups is 2. The van der Waals surface area contributed by atoms with E-state index in [1.807, 2.05) is 0 Å². The zero-order valence-electron chi connectivity index (χ0n) is 7.07. The molecule has 0 aromatic carbocycles. The van der Waals surface area contributed by atoms with E-state index in [2.05, 4.69) is 13.4 Å². The highest BCUT2D eigenvalue weighted by molar-refractivity contribution is 7.61. The van der Waals surface area contributed by atoms with Crippen LogP contribution < -0.4 is 0 Å². The van der Waals surface area contributed by atoms with Gasteiger partial charge in [-0.25, -0.2) is 9.13 Å². The highest BCUT2D eigenvalue weighted by Crippen LogP contribution is 2.60. The van der Waals surface area contributed by atoms with Crippen molar-refractivity contribution in [3.63, 3.8) is 0 Å². The molecule has 1 saturated heterocycles. The zero-order chi connectivity index (χ0) is 10.7. The van der Waals surface area contributed by atoms with Gasteiger partial charge in [0.2, 0.25) is 0 Å². The van der Waals surface area contributed by atoms with Gasteiger partial charge in [-0.05, 0) is 0 Å². The van der Waals surface area contributed by atoms with E-state index in [0.717, 1.165) is 0 Å². The fourth-order valence-electron chi connectivity index (χ4n) is 0.703. The molecule has 0 radical (unpaired) electrons. The topological polar surface area (TPSA) is 112 Å². The van der Waals surface area contributed by atoms with Crippen LogP contribution in [0.15, 0.2) is 0 Å². The molecule has 1 aliphatic heterocycles. The van der Waals surface area contributed by atoms with Crippen molar-refractivity contribution in [1.29, 1.82) is 0 Å². The molecule has 0 spiro atoms. The van der Waals surface area contributed by atoms with Gasteiger partial charge in [-0.2, -0.15) is 4.31 Å². The molecule has 0 aliphatic carbocycles. The molecule has 2 atom stereocenters. The van der Waals surface area contributed by atoms with Crippen LogP contribution in [0.25, 0.3) is 0 Å². The summed E-state index contributed by atoms with van der Waals surface area (Å²) in [6, 6.07) is 0. The lowest BCUT2D eigenvalue weighted by Gasteiger charge is -2.17. The van der Waals surface area contributed by atoms with Gasteiger partial charge in [-0.3, -0.25) is 9.05 Å². The molecule has 0 bridgehead atoms. The first kappa shape index (κ1) is 12.3. The van der Waals surface area contributed by atoms with Crippen LogP contribution in [0.1, 0.15) is 0 Å². The molecule has 1 heterocycles. The van der Waals surface area contributed by atoms with Gasteiger partial charge in [0.25, 0.3) is 0 Å². The van der Waals surface area contributed by atoms with Crippen LogP contribution >= 0.6 is 15.6 Å². The van der Waals surface area contributed by atoms with E-state index in [0.29, 0.717) is 0 Å². The lowest BCUT2D eigenvalue weighted by atomic mass is 10.7. The fraction of sp³-hybridized carbons (Fsp3) is 1.00. The Morgan fingerprint density at radius 2 is 1.29 bits per heavy atom. The van der Waals surface area contributed by atoms with Gasteiger partial charge in [-0.15, -0.1) is 0 Å². The van der Waals surface area contributed by atoms with Crippen molar-refractivity contribution in [2.24, 2.45) is 0 Å². The monoisotopic (exact) mass is 248 g/mol. The van der Waals surface area contributed by atoms with Crippen LogP contribution in [0.4, 0.5) is 0 Å². The van der Waals surface area contributed by atoms with E-state index in [4.69, 9.17) is 14.5 Å². The van der Waals surface area contributed by atoms with E-state index in [1.54, 1.807) is 0 Å². The van der Waals surface area contributed by atoms with Gasteiger partial charge < -0.3 is 14.5 Å². The van der Waals surface area contributed by atoms with Gasteiger partial charge in [0.15, 0.2) is 0 Å². The van der Waals surface area contributed by atoms with E-state index in [9.17, 15) is 9.13 Å². The first-order valence-electron chi connectivity index (χ1n) is 3.65. The lowest BCUT2D eigenvalue weighted by molar-refractivity contribution is 0.0455. The van der Waals surface area contributed by atoms with Crippen molar-refractivity contribution in [3.05, 3.63) is 0 Å². The van der Waals surface area contributed by atoms with Gasteiger partial charge in [0.05, 0.1) is 26.4 Å². The fourth-order valence-corrected chi connectivity index (χ4v) is 2.73. The Kier molecular flexibility index (Phi) is 4.24. The molecule has 0 aromatic rings. The Bertz CT molecular complexity index is 251. The zero-order valence-corrected chi connectivity index (χ0v) is 8.86. The largest absolute Gasteiger partial charge is 0.481 e. The highest BCUT2D eigenvalue weighted by Gasteiger charge is 2.35. The van der Waals surface area contributed by atoms with Gasteiger partial charge in [0.1, 0.15) is 0 Å². The molecule has 1 aliphatic rings. The minimum Gasteiger partial charge on any atom is -0.377 e. The molecule has 1 rings (SSSR count). The van der Waals surface area contributed by atoms with Crippen molar-refractivity contribution in [1.82, 2.24) is 0 Å². The number of hydrogen-bond donors (Lipinski definition) is 2. The molecule has 0 saturated carbocycles. The third-order valence-electron chi connectivity index (χ3n) is 1.17. The third-order valence-corrected chi connectivity index (χ3v) is 3.84. The summed E-state index contributed by atoms with van der Waals surface area (Å²) in [5, 5.41) is 0. The average molecular weight is 248 g/mol. The Morgan fingerprint density at radius 3 is 1.71 bits per heavy atom. The number of rotatable bonds is 0. The molecular formula is C4H10O8P2. The quantitative estimate of drug-likeness (QED) is 0.587. The second-order valence-corrected chi connectivity index (χ2v) is 5.34. The molecule has 10 heteroatoms. The molecule has 0 aromatic heterocycles. The molecule has 2 unspecified atom stereocenters. The number of hydrogen-bond acceptors (Lipinski definition) is 6. The van der Waals surface area contributed by atoms with Crippen LogP contribution in [0.5, 0.6) is 0 Å². The SMILES string of the molecule is O=P1(O)OCCOCCOP(=O)(O)O1. The smallest absolute Gasteiger partial charge is 0.377 e. The maximum absolute atomic E-state index is 10.9. The Balaban J connectivity index is 2.65. The van der Waals surface area contributed by atoms with Crippen LogP contribution in [0.3, 0.4) is 0 Å². The highest BCUT2D eigenvalue weighted by atomic mass is 31.3. The van der Waals surface area contributed by atoms with Gasteiger partial charge in [0, 0.05) is 0 Å². The molecule has 8 nitrogen and oxygen atoms in total. The second kappa shape index (κ2) is 4.83. The first-order valence-corrected chi connectivity index (χ1v) is 6.64. The second-order valence-electron chi connectivity index (χ2n) is 2.30. The molecule has 14 heavy (non-hydrogen) atoms. The summed E-state index contributed by atoms with van der Waals surface area (Å²) in [6.45, 7) is -0.248. The Labute approximate surface area is 80.0 Å². The number of ether oxygens (including phenoxy) is 1. The molecule has 0 amide bonds. The third kappa shape index (κ3) is 4.63. The maximum atomic E-state index is 10.9. The minimum absolute atomic E-state index is 0.0764. The van der Waals surface area contributed by atoms with Crippen molar-refractivity contribution in [2.75, 3.05) is 26.4 Å². The summed E-state index contributed by atoms with van der Waals surface area (Å²) in [7, 11) is -9.09. The van der Waals surface area contributed by atoms with Crippen LogP contribution in [0, 0.1) is 0 Å². The average Bonchev–Trinajstić information content (AvgIpc) is 1.99. The molecule has 84 valence electrons. The Hall–Kier alpha value is 0.220. The van der Waals surface area contributed by atoms with Crippen molar-refractivity contribution in [3.8, 4) is 0 Å². The van der Waals surface area contributed by atoms with Crippen molar-refractivity contribution >= 4 is 15.6 Å². The lowest BCUT2D eigenvalue weighted by Crippen LogP contribution is -2.11. The van der Waals surface area contributed by atoms with Crippen molar-refractivity contribution in [2.45, 2.75) is 0 Å². The van der Waals surface area contributed by atoms with E-state index in [-0.39, 0.29) is 26.4 Å². The van der Waals surface area contributed by atoms with Crippen LogP contribution in [0.2, 0.25) is 0 Å². The van der Waals surface area contributed by atoms with E-state index in [1.165, 1.54) is 0 Å². The minimum atomic E-state index is -4.54. The van der Waals surface area contributed by atoms with E-state index < -0.39 is 15.6 Å². The first-order chi connectivity index (χ1) is 6.41. The van der Waals surface area contributed by atoms with E-state index >= 15 is 0 Å². The molecular weight excluding hydrogens is 238 g/mol.